The first kappa shape index (κ1) is 17.1. The van der Waals surface area contributed by atoms with Gasteiger partial charge in [-0.25, -0.2) is 15.4 Å². The topological polar surface area (TPSA) is 106 Å². The van der Waals surface area contributed by atoms with Gasteiger partial charge in [-0.3, -0.25) is 4.98 Å². The van der Waals surface area contributed by atoms with Gasteiger partial charge in [-0.1, -0.05) is 18.2 Å². The van der Waals surface area contributed by atoms with Gasteiger partial charge in [0.15, 0.2) is 0 Å². The molecule has 0 aliphatic carbocycles. The van der Waals surface area contributed by atoms with Gasteiger partial charge in [-0.15, -0.1) is 0 Å². The van der Waals surface area contributed by atoms with E-state index in [0.717, 1.165) is 10.1 Å². The number of benzene rings is 2. The molecule has 0 radical (unpaired) electrons. The quantitative estimate of drug-likeness (QED) is 0.239. The smallest absolute Gasteiger partial charge is 0.452 e. The maximum absolute atomic E-state index is 12.2. The number of pyridine rings is 1. The Kier molecular flexibility index (Phi) is 4.89. The maximum atomic E-state index is 12.2. The Balaban J connectivity index is 1.70. The second-order valence-corrected chi connectivity index (χ2v) is 5.48. The highest BCUT2D eigenvalue weighted by Crippen LogP contribution is 2.22. The molecule has 1 aromatic heterocycles. The van der Waals surface area contributed by atoms with Gasteiger partial charge in [-0.05, 0) is 41.1 Å². The van der Waals surface area contributed by atoms with Gasteiger partial charge in [-0.2, -0.15) is 0 Å². The van der Waals surface area contributed by atoms with Crippen LogP contribution < -0.4 is 10.6 Å². The number of amides is 1. The number of hydrogen-bond acceptors (Lipinski definition) is 5. The average Bonchev–Trinajstić information content (AvgIpc) is 2.66. The number of aromatic nitrogens is 1. The van der Waals surface area contributed by atoms with E-state index >= 15 is 0 Å². The number of carboxylic acids is 1. The fourth-order valence-corrected chi connectivity index (χ4v) is 2.35. The first-order valence-corrected chi connectivity index (χ1v) is 7.76. The van der Waals surface area contributed by atoms with E-state index in [1.54, 1.807) is 24.4 Å². The van der Waals surface area contributed by atoms with Crippen molar-refractivity contribution in [3.8, 4) is 5.75 Å². The number of ether oxygens (including phenoxy) is 1. The number of hydrazine groups is 1. The zero-order valence-electron chi connectivity index (χ0n) is 13.7. The Bertz CT molecular complexity index is 992. The first-order chi connectivity index (χ1) is 12.5. The number of carbonyl (C=O) groups excluding carboxylic acids is 1. The lowest BCUT2D eigenvalue weighted by molar-refractivity contribution is -0.455. The molecule has 0 saturated heterocycles. The van der Waals surface area contributed by atoms with Crippen molar-refractivity contribution in [1.82, 2.24) is 4.98 Å². The van der Waals surface area contributed by atoms with Gasteiger partial charge in [0.2, 0.25) is 12.8 Å². The van der Waals surface area contributed by atoms with Gasteiger partial charge in [0, 0.05) is 17.1 Å². The van der Waals surface area contributed by atoms with Gasteiger partial charge in [0.25, 0.3) is 0 Å². The highest BCUT2D eigenvalue weighted by atomic mass is 16.5. The van der Waals surface area contributed by atoms with Crippen LogP contribution in [0, 0.1) is 0 Å². The number of para-hydroxylation sites is 1. The lowest BCUT2D eigenvalue weighted by Crippen LogP contribution is -2.33. The number of hydrazone groups is 1. The molecule has 0 bridgehead atoms. The molecule has 0 aliphatic heterocycles. The third-order valence-electron chi connectivity index (χ3n) is 3.68. The number of nitrogens with zero attached hydrogens (tertiary/aromatic N) is 2. The van der Waals surface area contributed by atoms with E-state index in [4.69, 9.17) is 15.7 Å². The molecule has 0 atom stereocenters. The summed E-state index contributed by atoms with van der Waals surface area (Å²) >= 11 is 0. The molecule has 26 heavy (non-hydrogen) atoms. The molecule has 3 N–H and O–H groups in total. The summed E-state index contributed by atoms with van der Waals surface area (Å²) in [5.41, 5.74) is 1.42. The molecule has 0 spiro atoms. The molecule has 3 rings (SSSR count). The van der Waals surface area contributed by atoms with E-state index in [2.05, 4.69) is 4.98 Å². The third kappa shape index (κ3) is 3.84. The SMILES string of the molecule is N[N+](=Cc1ccc(C(=O)O)cc1)C(=O)COc1cccc2cccnc12. The minimum Gasteiger partial charge on any atom is -0.478 e. The summed E-state index contributed by atoms with van der Waals surface area (Å²) in [7, 11) is 0. The molecule has 0 saturated carbocycles. The van der Waals surface area contributed by atoms with Gasteiger partial charge >= 0.3 is 11.9 Å². The van der Waals surface area contributed by atoms with Crippen LogP contribution in [0.25, 0.3) is 10.9 Å². The molecule has 130 valence electrons. The van der Waals surface area contributed by atoms with E-state index in [0.29, 0.717) is 16.8 Å². The highest BCUT2D eigenvalue weighted by Gasteiger charge is 2.16. The Morgan fingerprint density at radius 3 is 2.58 bits per heavy atom. The van der Waals surface area contributed by atoms with Crippen LogP contribution in [0.3, 0.4) is 0 Å². The third-order valence-corrected chi connectivity index (χ3v) is 3.68. The molecule has 7 nitrogen and oxygen atoms in total. The van der Waals surface area contributed by atoms with Crippen molar-refractivity contribution in [2.75, 3.05) is 6.61 Å². The minimum atomic E-state index is -1.02. The summed E-state index contributed by atoms with van der Waals surface area (Å²) in [5, 5.41) is 9.79. The molecular formula is C19H16N3O4+. The normalized spacial score (nSPS) is 11.3. The van der Waals surface area contributed by atoms with E-state index in [9.17, 15) is 9.59 Å². The molecule has 0 unspecified atom stereocenters. The van der Waals surface area contributed by atoms with E-state index in [-0.39, 0.29) is 12.2 Å². The van der Waals surface area contributed by atoms with Crippen LogP contribution in [0.15, 0.2) is 60.8 Å². The molecule has 0 fully saturated rings. The summed E-state index contributed by atoms with van der Waals surface area (Å²) in [5.74, 6) is 4.76. The Morgan fingerprint density at radius 2 is 1.85 bits per heavy atom. The van der Waals surface area contributed by atoms with Crippen molar-refractivity contribution in [3.05, 3.63) is 71.9 Å². The van der Waals surface area contributed by atoms with Crippen LogP contribution >= 0.6 is 0 Å². The predicted octanol–water partition coefficient (Wildman–Crippen LogP) is 1.84. The maximum Gasteiger partial charge on any atom is 0.452 e. The predicted molar refractivity (Wildman–Crippen MR) is 95.3 cm³/mol. The number of hydrogen-bond donors (Lipinski definition) is 2. The second kappa shape index (κ2) is 7.43. The molecular weight excluding hydrogens is 334 g/mol. The fraction of sp³-hybridized carbons (Fsp3) is 0.0526. The van der Waals surface area contributed by atoms with Crippen LogP contribution in [-0.4, -0.2) is 39.5 Å². The lowest BCUT2D eigenvalue weighted by atomic mass is 10.1. The zero-order valence-corrected chi connectivity index (χ0v) is 13.7. The number of aromatic carboxylic acids is 1. The standard InChI is InChI=1S/C19H15N3O4/c20-22(11-13-6-8-15(9-7-13)19(24)25)17(23)12-26-16-5-1-3-14-4-2-10-21-18(14)16/h1-11H,12,20H2/p+1. The first-order valence-electron chi connectivity index (χ1n) is 7.76. The summed E-state index contributed by atoms with van der Waals surface area (Å²) in [6.45, 7) is -0.254. The van der Waals surface area contributed by atoms with Gasteiger partial charge < -0.3 is 9.84 Å². The number of carbonyl (C=O) groups is 2. The number of fused-ring (bicyclic) bond motifs is 1. The summed E-state index contributed by atoms with van der Waals surface area (Å²) in [6.07, 6.45) is 3.06. The monoisotopic (exact) mass is 350 g/mol. The van der Waals surface area contributed by atoms with Crippen LogP contribution in [-0.2, 0) is 4.79 Å². The Hall–Kier alpha value is -3.74. The molecule has 3 aromatic rings. The molecule has 0 aliphatic rings. The summed E-state index contributed by atoms with van der Waals surface area (Å²) < 4.78 is 6.47. The number of carboxylic acid groups (broad SMARTS) is 1. The average molecular weight is 350 g/mol. The largest absolute Gasteiger partial charge is 0.478 e. The lowest BCUT2D eigenvalue weighted by Gasteiger charge is -2.05. The Morgan fingerprint density at radius 1 is 1.12 bits per heavy atom. The van der Waals surface area contributed by atoms with Crippen LogP contribution in [0.5, 0.6) is 5.75 Å². The molecule has 1 amide bonds. The van der Waals surface area contributed by atoms with Gasteiger partial charge in [0.05, 0.1) is 5.56 Å². The number of rotatable bonds is 5. The second-order valence-electron chi connectivity index (χ2n) is 5.48. The summed E-state index contributed by atoms with van der Waals surface area (Å²) in [4.78, 5) is 27.3. The molecule has 7 heteroatoms. The molecule has 1 heterocycles. The van der Waals surface area contributed by atoms with Crippen molar-refractivity contribution in [1.29, 1.82) is 0 Å². The van der Waals surface area contributed by atoms with Crippen LogP contribution in [0.1, 0.15) is 15.9 Å². The van der Waals surface area contributed by atoms with Gasteiger partial charge in [0.1, 0.15) is 11.3 Å². The molecule has 2 aromatic carbocycles. The van der Waals surface area contributed by atoms with E-state index in [1.807, 2.05) is 24.3 Å². The van der Waals surface area contributed by atoms with E-state index < -0.39 is 11.9 Å². The van der Waals surface area contributed by atoms with Crippen molar-refractivity contribution < 1.29 is 24.1 Å². The number of nitrogens with two attached hydrogens (primary N) is 1. The van der Waals surface area contributed by atoms with Crippen LogP contribution in [0.4, 0.5) is 0 Å². The summed E-state index contributed by atoms with van der Waals surface area (Å²) in [6, 6.07) is 15.2. The highest BCUT2D eigenvalue weighted by molar-refractivity contribution is 5.89. The van der Waals surface area contributed by atoms with Crippen LogP contribution in [0.2, 0.25) is 0 Å². The van der Waals surface area contributed by atoms with Crippen molar-refractivity contribution >= 4 is 29.0 Å². The fourth-order valence-electron chi connectivity index (χ4n) is 2.35. The van der Waals surface area contributed by atoms with Crippen molar-refractivity contribution in [2.24, 2.45) is 5.84 Å². The Labute approximate surface area is 148 Å². The minimum absolute atomic E-state index is 0.156. The van der Waals surface area contributed by atoms with Crippen molar-refractivity contribution in [3.63, 3.8) is 0 Å². The zero-order chi connectivity index (χ0) is 18.5. The van der Waals surface area contributed by atoms with Crippen molar-refractivity contribution in [2.45, 2.75) is 0 Å². The van der Waals surface area contributed by atoms with E-state index in [1.165, 1.54) is 18.3 Å².